The van der Waals surface area contributed by atoms with Crippen molar-refractivity contribution in [1.82, 2.24) is 15.1 Å². The van der Waals surface area contributed by atoms with E-state index in [0.717, 1.165) is 6.54 Å². The SMILES string of the molecule is CN1CCN(C(=O)N[C@H](CCO)C(=O)O)CC1(C)C. The van der Waals surface area contributed by atoms with Gasteiger partial charge in [-0.25, -0.2) is 9.59 Å². The first-order chi connectivity index (χ1) is 8.77. The number of nitrogens with zero attached hydrogens (tertiary/aromatic N) is 2. The van der Waals surface area contributed by atoms with E-state index in [0.29, 0.717) is 13.1 Å². The molecule has 0 aromatic carbocycles. The average Bonchev–Trinajstić information content (AvgIpc) is 2.31. The Bertz CT molecular complexity index is 346. The number of urea groups is 1. The molecule has 7 nitrogen and oxygen atoms in total. The fourth-order valence-corrected chi connectivity index (χ4v) is 2.04. The molecule has 0 aromatic rings. The van der Waals surface area contributed by atoms with Gasteiger partial charge in [0.1, 0.15) is 6.04 Å². The van der Waals surface area contributed by atoms with Crippen molar-refractivity contribution in [2.45, 2.75) is 31.8 Å². The first-order valence-corrected chi connectivity index (χ1v) is 6.38. The molecular weight excluding hydrogens is 250 g/mol. The largest absolute Gasteiger partial charge is 0.480 e. The van der Waals surface area contributed by atoms with Gasteiger partial charge in [0, 0.05) is 38.2 Å². The molecule has 0 bridgehead atoms. The Morgan fingerprint density at radius 2 is 2.00 bits per heavy atom. The van der Waals surface area contributed by atoms with Crippen LogP contribution in [0.4, 0.5) is 4.79 Å². The molecule has 1 rings (SSSR count). The van der Waals surface area contributed by atoms with E-state index in [2.05, 4.69) is 10.2 Å². The van der Waals surface area contributed by atoms with Gasteiger partial charge in [-0.05, 0) is 20.9 Å². The number of likely N-dealkylation sites (N-methyl/N-ethyl adjacent to an activating group) is 1. The standard InChI is InChI=1S/C12H23N3O4/c1-12(2)8-15(6-5-14(12)3)11(19)13-9(4-7-16)10(17)18/h9,16H,4-8H2,1-3H3,(H,13,19)(H,17,18)/t9-/m1/s1. The molecule has 1 atom stereocenters. The van der Waals surface area contributed by atoms with Crippen molar-refractivity contribution in [3.05, 3.63) is 0 Å². The maximum atomic E-state index is 12.0. The van der Waals surface area contributed by atoms with Crippen LogP contribution in [0.15, 0.2) is 0 Å². The van der Waals surface area contributed by atoms with Gasteiger partial charge in [0.15, 0.2) is 0 Å². The van der Waals surface area contributed by atoms with Crippen LogP contribution in [0.2, 0.25) is 0 Å². The van der Waals surface area contributed by atoms with Crippen LogP contribution < -0.4 is 5.32 Å². The van der Waals surface area contributed by atoms with E-state index in [9.17, 15) is 9.59 Å². The molecule has 1 aliphatic rings. The van der Waals surface area contributed by atoms with E-state index in [1.54, 1.807) is 4.90 Å². The minimum Gasteiger partial charge on any atom is -0.480 e. The number of carbonyl (C=O) groups is 2. The molecule has 0 aromatic heterocycles. The Morgan fingerprint density at radius 3 is 2.47 bits per heavy atom. The Balaban J connectivity index is 2.60. The van der Waals surface area contributed by atoms with Crippen molar-refractivity contribution in [1.29, 1.82) is 0 Å². The van der Waals surface area contributed by atoms with Crippen LogP contribution >= 0.6 is 0 Å². The number of carbonyl (C=O) groups excluding carboxylic acids is 1. The van der Waals surface area contributed by atoms with Gasteiger partial charge >= 0.3 is 12.0 Å². The molecule has 2 amide bonds. The van der Waals surface area contributed by atoms with Gasteiger partial charge in [0.05, 0.1) is 0 Å². The smallest absolute Gasteiger partial charge is 0.326 e. The Hall–Kier alpha value is -1.34. The third-order valence-electron chi connectivity index (χ3n) is 3.62. The summed E-state index contributed by atoms with van der Waals surface area (Å²) in [6.07, 6.45) is 0.0121. The molecule has 0 saturated carbocycles. The van der Waals surface area contributed by atoms with Crippen LogP contribution in [-0.2, 0) is 4.79 Å². The topological polar surface area (TPSA) is 93.1 Å². The maximum absolute atomic E-state index is 12.0. The second-order valence-electron chi connectivity index (χ2n) is 5.51. The third kappa shape index (κ3) is 4.07. The lowest BCUT2D eigenvalue weighted by molar-refractivity contribution is -0.139. The van der Waals surface area contributed by atoms with Crippen LogP contribution in [0.1, 0.15) is 20.3 Å². The summed E-state index contributed by atoms with van der Waals surface area (Å²) in [5.41, 5.74) is -0.134. The molecule has 0 spiro atoms. The minimum absolute atomic E-state index is 0.0121. The van der Waals surface area contributed by atoms with Crippen LogP contribution in [0, 0.1) is 0 Å². The normalized spacial score (nSPS) is 20.9. The number of aliphatic carboxylic acids is 1. The second kappa shape index (κ2) is 6.21. The van der Waals surface area contributed by atoms with Crippen molar-refractivity contribution < 1.29 is 19.8 Å². The van der Waals surface area contributed by atoms with Crippen LogP contribution in [0.3, 0.4) is 0 Å². The van der Waals surface area contributed by atoms with Crippen LogP contribution in [0.5, 0.6) is 0 Å². The zero-order valence-corrected chi connectivity index (χ0v) is 11.7. The average molecular weight is 273 g/mol. The maximum Gasteiger partial charge on any atom is 0.326 e. The number of rotatable bonds is 4. The third-order valence-corrected chi connectivity index (χ3v) is 3.62. The zero-order chi connectivity index (χ0) is 14.6. The number of hydrogen-bond acceptors (Lipinski definition) is 4. The molecule has 7 heteroatoms. The number of carboxylic acids is 1. The summed E-state index contributed by atoms with van der Waals surface area (Å²) in [5, 5.41) is 20.2. The van der Waals surface area contributed by atoms with Gasteiger partial charge in [0.2, 0.25) is 0 Å². The minimum atomic E-state index is -1.13. The molecule has 3 N–H and O–H groups in total. The monoisotopic (exact) mass is 273 g/mol. The molecule has 1 aliphatic heterocycles. The van der Waals surface area contributed by atoms with Crippen LogP contribution in [-0.4, -0.2) is 76.9 Å². The lowest BCUT2D eigenvalue weighted by atomic mass is 10.00. The quantitative estimate of drug-likeness (QED) is 0.645. The van der Waals surface area contributed by atoms with E-state index in [1.807, 2.05) is 20.9 Å². The number of hydrogen-bond donors (Lipinski definition) is 3. The summed E-state index contributed by atoms with van der Waals surface area (Å²) in [6, 6.07) is -1.43. The van der Waals surface area contributed by atoms with Crippen molar-refractivity contribution in [2.75, 3.05) is 33.3 Å². The number of carboxylic acid groups (broad SMARTS) is 1. The first kappa shape index (κ1) is 15.7. The van der Waals surface area contributed by atoms with Crippen molar-refractivity contribution in [2.24, 2.45) is 0 Å². The summed E-state index contributed by atoms with van der Waals surface area (Å²) in [4.78, 5) is 26.8. The summed E-state index contributed by atoms with van der Waals surface area (Å²) in [7, 11) is 2.00. The fourth-order valence-electron chi connectivity index (χ4n) is 2.04. The molecule has 110 valence electrons. The number of amides is 2. The Morgan fingerprint density at radius 1 is 1.37 bits per heavy atom. The van der Waals surface area contributed by atoms with Crippen molar-refractivity contribution in [3.63, 3.8) is 0 Å². The van der Waals surface area contributed by atoms with E-state index in [4.69, 9.17) is 10.2 Å². The lowest BCUT2D eigenvalue weighted by Gasteiger charge is -2.45. The Labute approximate surface area is 113 Å². The summed E-state index contributed by atoms with van der Waals surface area (Å²) >= 11 is 0. The van der Waals surface area contributed by atoms with Gasteiger partial charge in [0.25, 0.3) is 0 Å². The van der Waals surface area contributed by atoms with E-state index in [-0.39, 0.29) is 24.6 Å². The van der Waals surface area contributed by atoms with E-state index in [1.165, 1.54) is 0 Å². The highest BCUT2D eigenvalue weighted by molar-refractivity contribution is 5.82. The van der Waals surface area contributed by atoms with Crippen LogP contribution in [0.25, 0.3) is 0 Å². The van der Waals surface area contributed by atoms with Gasteiger partial charge in [-0.1, -0.05) is 0 Å². The molecule has 1 saturated heterocycles. The highest BCUT2D eigenvalue weighted by Gasteiger charge is 2.34. The first-order valence-electron chi connectivity index (χ1n) is 6.38. The molecule has 0 radical (unpaired) electrons. The number of nitrogens with one attached hydrogen (secondary N) is 1. The van der Waals surface area contributed by atoms with Crippen molar-refractivity contribution in [3.8, 4) is 0 Å². The number of piperazine rings is 1. The van der Waals surface area contributed by atoms with Gasteiger partial charge in [-0.15, -0.1) is 0 Å². The fraction of sp³-hybridized carbons (Fsp3) is 0.833. The molecule has 0 aliphatic carbocycles. The molecule has 1 fully saturated rings. The summed E-state index contributed by atoms with van der Waals surface area (Å²) in [6.45, 7) is 5.66. The summed E-state index contributed by atoms with van der Waals surface area (Å²) < 4.78 is 0. The van der Waals surface area contributed by atoms with Gasteiger partial charge in [-0.3, -0.25) is 4.90 Å². The summed E-state index contributed by atoms with van der Waals surface area (Å²) in [5.74, 6) is -1.13. The molecule has 19 heavy (non-hydrogen) atoms. The number of aliphatic hydroxyl groups is 1. The zero-order valence-electron chi connectivity index (χ0n) is 11.7. The second-order valence-corrected chi connectivity index (χ2v) is 5.51. The molecule has 0 unspecified atom stereocenters. The molecular formula is C12H23N3O4. The predicted octanol–water partition coefficient (Wildman–Crippen LogP) is -0.442. The highest BCUT2D eigenvalue weighted by Crippen LogP contribution is 2.18. The lowest BCUT2D eigenvalue weighted by Crippen LogP contribution is -2.61. The van der Waals surface area contributed by atoms with E-state index >= 15 is 0 Å². The van der Waals surface area contributed by atoms with Gasteiger partial charge in [-0.2, -0.15) is 0 Å². The van der Waals surface area contributed by atoms with Gasteiger partial charge < -0.3 is 20.4 Å². The Kier molecular flexibility index (Phi) is 5.13. The van der Waals surface area contributed by atoms with E-state index < -0.39 is 12.0 Å². The predicted molar refractivity (Wildman–Crippen MR) is 69.9 cm³/mol. The molecule has 1 heterocycles. The van der Waals surface area contributed by atoms with Crippen molar-refractivity contribution >= 4 is 12.0 Å². The number of aliphatic hydroxyl groups excluding tert-OH is 1. The highest BCUT2D eigenvalue weighted by atomic mass is 16.4.